The predicted molar refractivity (Wildman–Crippen MR) is 95.3 cm³/mol. The fourth-order valence-electron chi connectivity index (χ4n) is 4.58. The summed E-state index contributed by atoms with van der Waals surface area (Å²) >= 11 is 0. The molecule has 1 N–H and O–H groups in total. The highest BCUT2D eigenvalue weighted by atomic mass is 16.2. The lowest BCUT2D eigenvalue weighted by atomic mass is 9.98. The molecule has 0 spiro atoms. The summed E-state index contributed by atoms with van der Waals surface area (Å²) in [5.41, 5.74) is 0.771. The standard InChI is InChI=1S/C19H28N4O/c1-13-6-8-23(12-13)18-9-14(5-7-20-18)19(24)22(2)17-10-15-3-4-16(11-17)21-15/h5,7,9,13,15-17,21H,3-4,6,8,10-12H2,1-2H3. The van der Waals surface area contributed by atoms with E-state index >= 15 is 0 Å². The van der Waals surface area contributed by atoms with E-state index in [2.05, 4.69) is 22.1 Å². The van der Waals surface area contributed by atoms with Gasteiger partial charge < -0.3 is 15.1 Å². The minimum absolute atomic E-state index is 0.136. The highest BCUT2D eigenvalue weighted by Gasteiger charge is 2.36. The minimum atomic E-state index is 0.136. The van der Waals surface area contributed by atoms with Crippen LogP contribution >= 0.6 is 0 Å². The second-order valence-corrected chi connectivity index (χ2v) is 7.92. The number of rotatable bonds is 3. The topological polar surface area (TPSA) is 48.5 Å². The van der Waals surface area contributed by atoms with Crippen molar-refractivity contribution in [3.8, 4) is 0 Å². The first-order valence-electron chi connectivity index (χ1n) is 9.34. The zero-order chi connectivity index (χ0) is 16.7. The van der Waals surface area contributed by atoms with Gasteiger partial charge >= 0.3 is 0 Å². The molecule has 4 heterocycles. The zero-order valence-corrected chi connectivity index (χ0v) is 14.7. The van der Waals surface area contributed by atoms with Gasteiger partial charge in [0, 0.05) is 50.0 Å². The number of nitrogens with zero attached hydrogens (tertiary/aromatic N) is 3. The molecule has 0 aromatic carbocycles. The number of piperidine rings is 1. The summed E-state index contributed by atoms with van der Waals surface area (Å²) in [6.45, 7) is 4.35. The molecular weight excluding hydrogens is 300 g/mol. The number of hydrogen-bond acceptors (Lipinski definition) is 4. The minimum Gasteiger partial charge on any atom is -0.356 e. The number of amides is 1. The van der Waals surface area contributed by atoms with Gasteiger partial charge in [0.2, 0.25) is 0 Å². The van der Waals surface area contributed by atoms with Gasteiger partial charge in [-0.25, -0.2) is 4.98 Å². The Morgan fingerprint density at radius 1 is 1.29 bits per heavy atom. The summed E-state index contributed by atoms with van der Waals surface area (Å²) in [5.74, 6) is 1.79. The maximum Gasteiger partial charge on any atom is 0.254 e. The van der Waals surface area contributed by atoms with Crippen LogP contribution in [0, 0.1) is 5.92 Å². The van der Waals surface area contributed by atoms with Crippen LogP contribution in [-0.4, -0.2) is 54.1 Å². The van der Waals surface area contributed by atoms with E-state index in [1.54, 1.807) is 6.20 Å². The van der Waals surface area contributed by atoms with Crippen molar-refractivity contribution in [3.05, 3.63) is 23.9 Å². The number of nitrogens with one attached hydrogen (secondary N) is 1. The van der Waals surface area contributed by atoms with Crippen LogP contribution in [0.5, 0.6) is 0 Å². The molecular formula is C19H28N4O. The summed E-state index contributed by atoms with van der Waals surface area (Å²) < 4.78 is 0. The van der Waals surface area contributed by atoms with E-state index in [0.717, 1.165) is 37.3 Å². The van der Waals surface area contributed by atoms with E-state index in [-0.39, 0.29) is 5.91 Å². The van der Waals surface area contributed by atoms with E-state index in [1.165, 1.54) is 19.3 Å². The maximum absolute atomic E-state index is 13.0. The summed E-state index contributed by atoms with van der Waals surface area (Å²) in [4.78, 5) is 21.7. The van der Waals surface area contributed by atoms with Gasteiger partial charge in [-0.05, 0) is 50.2 Å². The summed E-state index contributed by atoms with van der Waals surface area (Å²) in [5, 5.41) is 3.65. The Morgan fingerprint density at radius 2 is 2.04 bits per heavy atom. The molecule has 3 aliphatic heterocycles. The molecule has 0 radical (unpaired) electrons. The number of aromatic nitrogens is 1. The van der Waals surface area contributed by atoms with Crippen LogP contribution in [0.3, 0.4) is 0 Å². The van der Waals surface area contributed by atoms with Crippen LogP contribution in [0.1, 0.15) is 49.4 Å². The molecule has 0 aliphatic carbocycles. The van der Waals surface area contributed by atoms with E-state index < -0.39 is 0 Å². The molecule has 3 atom stereocenters. The third-order valence-corrected chi connectivity index (χ3v) is 6.06. The molecule has 5 nitrogen and oxygen atoms in total. The summed E-state index contributed by atoms with van der Waals surface area (Å²) in [6, 6.07) is 5.40. The van der Waals surface area contributed by atoms with Crippen molar-refractivity contribution in [2.45, 2.75) is 57.2 Å². The number of anilines is 1. The predicted octanol–water partition coefficient (Wildman–Crippen LogP) is 2.28. The smallest absolute Gasteiger partial charge is 0.254 e. The molecule has 4 rings (SSSR count). The van der Waals surface area contributed by atoms with Crippen molar-refractivity contribution in [2.75, 3.05) is 25.0 Å². The molecule has 130 valence electrons. The molecule has 1 amide bonds. The van der Waals surface area contributed by atoms with Gasteiger partial charge in [-0.1, -0.05) is 6.92 Å². The van der Waals surface area contributed by atoms with Crippen LogP contribution in [0.4, 0.5) is 5.82 Å². The highest BCUT2D eigenvalue weighted by molar-refractivity contribution is 5.95. The monoisotopic (exact) mass is 328 g/mol. The quantitative estimate of drug-likeness (QED) is 0.925. The fourth-order valence-corrected chi connectivity index (χ4v) is 4.58. The Labute approximate surface area is 144 Å². The average Bonchev–Trinajstić information content (AvgIpc) is 3.18. The van der Waals surface area contributed by atoms with Gasteiger partial charge in [-0.3, -0.25) is 4.79 Å². The fraction of sp³-hybridized carbons (Fsp3) is 0.684. The van der Waals surface area contributed by atoms with Gasteiger partial charge in [-0.2, -0.15) is 0 Å². The lowest BCUT2D eigenvalue weighted by Gasteiger charge is -2.35. The van der Waals surface area contributed by atoms with E-state index in [1.807, 2.05) is 24.1 Å². The van der Waals surface area contributed by atoms with E-state index in [0.29, 0.717) is 24.0 Å². The number of fused-ring (bicyclic) bond motifs is 2. The van der Waals surface area contributed by atoms with Gasteiger partial charge in [0.25, 0.3) is 5.91 Å². The molecule has 3 aliphatic rings. The average molecular weight is 328 g/mol. The van der Waals surface area contributed by atoms with Crippen molar-refractivity contribution in [2.24, 2.45) is 5.92 Å². The Morgan fingerprint density at radius 3 is 2.71 bits per heavy atom. The summed E-state index contributed by atoms with van der Waals surface area (Å²) in [7, 11) is 1.97. The van der Waals surface area contributed by atoms with Crippen LogP contribution in [0.25, 0.3) is 0 Å². The molecule has 0 saturated carbocycles. The van der Waals surface area contributed by atoms with Crippen LogP contribution < -0.4 is 10.2 Å². The molecule has 3 fully saturated rings. The van der Waals surface area contributed by atoms with Crippen LogP contribution in [-0.2, 0) is 0 Å². The molecule has 1 aromatic heterocycles. The van der Waals surface area contributed by atoms with Crippen molar-refractivity contribution in [3.63, 3.8) is 0 Å². The number of pyridine rings is 1. The van der Waals surface area contributed by atoms with E-state index in [9.17, 15) is 4.79 Å². The maximum atomic E-state index is 13.0. The molecule has 24 heavy (non-hydrogen) atoms. The third kappa shape index (κ3) is 3.02. The number of carbonyl (C=O) groups excluding carboxylic acids is 1. The van der Waals surface area contributed by atoms with Gasteiger partial charge in [-0.15, -0.1) is 0 Å². The SMILES string of the molecule is CC1CCN(c2cc(C(=O)N(C)C3CC4CCC(C3)N4)ccn2)C1. The molecule has 3 saturated heterocycles. The third-order valence-electron chi connectivity index (χ3n) is 6.06. The lowest BCUT2D eigenvalue weighted by Crippen LogP contribution is -2.48. The first-order chi connectivity index (χ1) is 11.6. The van der Waals surface area contributed by atoms with Crippen molar-refractivity contribution in [1.29, 1.82) is 0 Å². The Kier molecular flexibility index (Phi) is 4.21. The molecule has 5 heteroatoms. The molecule has 3 unspecified atom stereocenters. The normalized spacial score (nSPS) is 32.2. The molecule has 1 aromatic rings. The number of carbonyl (C=O) groups is 1. The Balaban J connectivity index is 1.47. The van der Waals surface area contributed by atoms with E-state index in [4.69, 9.17) is 0 Å². The van der Waals surface area contributed by atoms with Crippen molar-refractivity contribution < 1.29 is 4.79 Å². The van der Waals surface area contributed by atoms with Crippen molar-refractivity contribution >= 4 is 11.7 Å². The first-order valence-corrected chi connectivity index (χ1v) is 9.34. The first kappa shape index (κ1) is 15.9. The van der Waals surface area contributed by atoms with Gasteiger partial charge in [0.05, 0.1) is 0 Å². The second-order valence-electron chi connectivity index (χ2n) is 7.92. The second kappa shape index (κ2) is 6.36. The van der Waals surface area contributed by atoms with Crippen LogP contribution in [0.2, 0.25) is 0 Å². The Bertz CT molecular complexity index is 607. The number of hydrogen-bond donors (Lipinski definition) is 1. The van der Waals surface area contributed by atoms with Gasteiger partial charge in [0.15, 0.2) is 0 Å². The highest BCUT2D eigenvalue weighted by Crippen LogP contribution is 2.30. The van der Waals surface area contributed by atoms with Crippen LogP contribution in [0.15, 0.2) is 18.3 Å². The Hall–Kier alpha value is -1.62. The lowest BCUT2D eigenvalue weighted by molar-refractivity contribution is 0.0681. The zero-order valence-electron chi connectivity index (χ0n) is 14.7. The summed E-state index contributed by atoms with van der Waals surface area (Å²) in [6.07, 6.45) is 7.68. The van der Waals surface area contributed by atoms with Crippen molar-refractivity contribution in [1.82, 2.24) is 15.2 Å². The van der Waals surface area contributed by atoms with Gasteiger partial charge in [0.1, 0.15) is 5.82 Å². The molecule has 2 bridgehead atoms. The largest absolute Gasteiger partial charge is 0.356 e.